The number of hydrogen-bond acceptors (Lipinski definition) is 8. The van der Waals surface area contributed by atoms with Crippen molar-refractivity contribution in [2.24, 2.45) is 0 Å². The van der Waals surface area contributed by atoms with E-state index >= 15 is 0 Å². The Labute approximate surface area is 217 Å². The van der Waals surface area contributed by atoms with Gasteiger partial charge in [-0.25, -0.2) is 14.1 Å². The Morgan fingerprint density at radius 3 is 2.76 bits per heavy atom. The number of rotatable bonds is 8. The van der Waals surface area contributed by atoms with Gasteiger partial charge in [0.25, 0.3) is 0 Å². The number of halogens is 2. The SMILES string of the molecule is CC(Nc1cc(Cl)nc2c1cnn2[C@@H]1O[C@H](COCP(=O)(O)O)[C@H]2OC(C)(C)O[C@H]21)c1ccccc1F. The van der Waals surface area contributed by atoms with E-state index in [1.54, 1.807) is 44.3 Å². The molecule has 200 valence electrons. The number of pyridine rings is 1. The molecule has 2 fully saturated rings. The smallest absolute Gasteiger partial charge is 0.350 e. The topological polar surface area (TPSA) is 137 Å². The number of aromatic nitrogens is 3. The van der Waals surface area contributed by atoms with Crippen LogP contribution < -0.4 is 5.32 Å². The second-order valence-corrected chi connectivity index (χ2v) is 11.5. The third-order valence-electron chi connectivity index (χ3n) is 6.19. The van der Waals surface area contributed by atoms with Crippen molar-refractivity contribution in [3.8, 4) is 0 Å². The minimum atomic E-state index is -4.34. The van der Waals surface area contributed by atoms with Crippen LogP contribution in [0.1, 0.15) is 38.6 Å². The molecule has 2 aliphatic rings. The van der Waals surface area contributed by atoms with Gasteiger partial charge < -0.3 is 34.1 Å². The molecule has 4 heterocycles. The highest BCUT2D eigenvalue weighted by Crippen LogP contribution is 2.44. The van der Waals surface area contributed by atoms with E-state index < -0.39 is 44.3 Å². The van der Waals surface area contributed by atoms with Crippen LogP contribution in [0.15, 0.2) is 36.5 Å². The molecular weight excluding hydrogens is 530 g/mol. The Morgan fingerprint density at radius 2 is 2.03 bits per heavy atom. The fraction of sp³-hybridized carbons (Fsp3) is 0.478. The molecule has 11 nitrogen and oxygen atoms in total. The lowest BCUT2D eigenvalue weighted by atomic mass is 10.1. The van der Waals surface area contributed by atoms with Crippen LogP contribution in [0.3, 0.4) is 0 Å². The van der Waals surface area contributed by atoms with Crippen molar-refractivity contribution in [1.29, 1.82) is 0 Å². The molecule has 3 N–H and O–H groups in total. The summed E-state index contributed by atoms with van der Waals surface area (Å²) < 4.78 is 50.5. The average molecular weight is 557 g/mol. The first-order valence-electron chi connectivity index (χ1n) is 11.6. The molecule has 3 aromatic rings. The lowest BCUT2D eigenvalue weighted by Gasteiger charge is -2.24. The fourth-order valence-electron chi connectivity index (χ4n) is 4.71. The largest absolute Gasteiger partial charge is 0.378 e. The number of nitrogens with zero attached hydrogens (tertiary/aromatic N) is 3. The number of benzene rings is 1. The predicted molar refractivity (Wildman–Crippen MR) is 132 cm³/mol. The van der Waals surface area contributed by atoms with Gasteiger partial charge in [-0.2, -0.15) is 5.10 Å². The van der Waals surface area contributed by atoms with Crippen LogP contribution in [-0.4, -0.2) is 61.6 Å². The van der Waals surface area contributed by atoms with Crippen LogP contribution in [0, 0.1) is 5.82 Å². The third-order valence-corrected chi connectivity index (χ3v) is 6.90. The lowest BCUT2D eigenvalue weighted by Crippen LogP contribution is -2.33. The van der Waals surface area contributed by atoms with E-state index in [0.29, 0.717) is 22.3 Å². The van der Waals surface area contributed by atoms with Crippen molar-refractivity contribution >= 4 is 35.9 Å². The summed E-state index contributed by atoms with van der Waals surface area (Å²) >= 11 is 6.36. The van der Waals surface area contributed by atoms with E-state index in [2.05, 4.69) is 15.4 Å². The first-order valence-corrected chi connectivity index (χ1v) is 13.8. The fourth-order valence-corrected chi connectivity index (χ4v) is 5.24. The first-order chi connectivity index (χ1) is 17.4. The van der Waals surface area contributed by atoms with Gasteiger partial charge in [-0.15, -0.1) is 0 Å². The Morgan fingerprint density at radius 1 is 1.30 bits per heavy atom. The summed E-state index contributed by atoms with van der Waals surface area (Å²) in [5.74, 6) is -1.25. The van der Waals surface area contributed by atoms with E-state index in [9.17, 15) is 8.96 Å². The molecular formula is C23H27ClFN4O7P. The Kier molecular flexibility index (Phi) is 7.05. The van der Waals surface area contributed by atoms with Gasteiger partial charge in [0.05, 0.1) is 29.9 Å². The zero-order chi connectivity index (χ0) is 26.5. The summed E-state index contributed by atoms with van der Waals surface area (Å²) in [5.41, 5.74) is 1.51. The number of anilines is 1. The molecule has 14 heteroatoms. The van der Waals surface area contributed by atoms with Crippen LogP contribution in [-0.2, 0) is 23.5 Å². The number of hydrogen-bond donors (Lipinski definition) is 3. The number of nitrogens with one attached hydrogen (secondary N) is 1. The van der Waals surface area contributed by atoms with Gasteiger partial charge in [0.15, 0.2) is 17.7 Å². The third kappa shape index (κ3) is 5.52. The van der Waals surface area contributed by atoms with Gasteiger partial charge in [0.2, 0.25) is 0 Å². The van der Waals surface area contributed by atoms with Crippen molar-refractivity contribution < 1.29 is 37.7 Å². The molecule has 2 aliphatic heterocycles. The summed E-state index contributed by atoms with van der Waals surface area (Å²) in [7, 11) is -4.34. The minimum absolute atomic E-state index is 0.122. The highest BCUT2D eigenvalue weighted by atomic mass is 35.5. The second-order valence-electron chi connectivity index (χ2n) is 9.50. The van der Waals surface area contributed by atoms with Gasteiger partial charge in [-0.3, -0.25) is 4.57 Å². The Bertz CT molecular complexity index is 1350. The average Bonchev–Trinajstić information content (AvgIpc) is 3.44. The number of fused-ring (bicyclic) bond motifs is 2. The highest BCUT2D eigenvalue weighted by Gasteiger charge is 2.56. The zero-order valence-electron chi connectivity index (χ0n) is 20.2. The van der Waals surface area contributed by atoms with Crippen LogP contribution in [0.4, 0.5) is 10.1 Å². The van der Waals surface area contributed by atoms with E-state index in [1.807, 2.05) is 6.92 Å². The summed E-state index contributed by atoms with van der Waals surface area (Å²) in [6, 6.07) is 7.77. The van der Waals surface area contributed by atoms with Crippen molar-refractivity contribution in [2.45, 2.75) is 57.1 Å². The summed E-state index contributed by atoms with van der Waals surface area (Å²) in [5, 5.41) is 8.61. The Hall–Kier alpha value is -2.15. The van der Waals surface area contributed by atoms with Gasteiger partial charge in [0, 0.05) is 5.56 Å². The zero-order valence-corrected chi connectivity index (χ0v) is 21.9. The molecule has 0 radical (unpaired) electrons. The lowest BCUT2D eigenvalue weighted by molar-refractivity contribution is -0.202. The van der Waals surface area contributed by atoms with E-state index in [-0.39, 0.29) is 23.6 Å². The highest BCUT2D eigenvalue weighted by molar-refractivity contribution is 7.51. The quantitative estimate of drug-likeness (QED) is 0.276. The predicted octanol–water partition coefficient (Wildman–Crippen LogP) is 3.97. The molecule has 0 amide bonds. The van der Waals surface area contributed by atoms with E-state index in [1.165, 1.54) is 10.7 Å². The van der Waals surface area contributed by atoms with Gasteiger partial charge in [0.1, 0.15) is 35.6 Å². The second kappa shape index (κ2) is 9.87. The molecule has 2 aromatic heterocycles. The van der Waals surface area contributed by atoms with E-state index in [4.69, 9.17) is 40.3 Å². The van der Waals surface area contributed by atoms with Gasteiger partial charge in [-0.1, -0.05) is 29.8 Å². The maximum Gasteiger partial charge on any atom is 0.350 e. The Balaban J connectivity index is 1.44. The molecule has 0 spiro atoms. The monoisotopic (exact) mass is 556 g/mol. The summed E-state index contributed by atoms with van der Waals surface area (Å²) in [6.45, 7) is 5.24. The van der Waals surface area contributed by atoms with Crippen molar-refractivity contribution in [2.75, 3.05) is 18.3 Å². The minimum Gasteiger partial charge on any atom is -0.378 e. The number of ether oxygens (including phenoxy) is 4. The van der Waals surface area contributed by atoms with Crippen molar-refractivity contribution in [3.63, 3.8) is 0 Å². The van der Waals surface area contributed by atoms with Gasteiger partial charge in [-0.05, 0) is 32.9 Å². The molecule has 0 saturated carbocycles. The van der Waals surface area contributed by atoms with Crippen LogP contribution >= 0.6 is 19.2 Å². The molecule has 5 atom stereocenters. The maximum absolute atomic E-state index is 14.3. The summed E-state index contributed by atoms with van der Waals surface area (Å²) in [4.78, 5) is 22.7. The molecule has 1 unspecified atom stereocenters. The van der Waals surface area contributed by atoms with Crippen LogP contribution in [0.2, 0.25) is 5.15 Å². The van der Waals surface area contributed by atoms with Gasteiger partial charge >= 0.3 is 7.60 Å². The molecule has 37 heavy (non-hydrogen) atoms. The summed E-state index contributed by atoms with van der Waals surface area (Å²) in [6.07, 6.45) is -1.77. The van der Waals surface area contributed by atoms with Crippen molar-refractivity contribution in [3.05, 3.63) is 53.1 Å². The molecule has 2 saturated heterocycles. The molecule has 0 bridgehead atoms. The van der Waals surface area contributed by atoms with Crippen molar-refractivity contribution in [1.82, 2.24) is 14.8 Å². The van der Waals surface area contributed by atoms with E-state index in [0.717, 1.165) is 0 Å². The standard InChI is InChI=1S/C23H27ClFN4O7P/c1-12(13-6-4-5-7-15(13)25)27-16-8-18(24)28-21-14(16)9-26-29(21)22-20-19(35-23(2,3)36-20)17(34-22)10-33-11-37(30,31)32/h4-9,12,17,19-20,22H,10-11H2,1-3H3,(H,27,28)(H2,30,31,32)/t12?,17-,19-,20-,22-/m1/s1. The van der Waals surface area contributed by atoms with Crippen LogP contribution in [0.5, 0.6) is 0 Å². The molecule has 5 rings (SSSR count). The maximum atomic E-state index is 14.3. The molecule has 0 aliphatic carbocycles. The molecule has 1 aromatic carbocycles. The first kappa shape index (κ1) is 26.5. The van der Waals surface area contributed by atoms with Crippen LogP contribution in [0.25, 0.3) is 11.0 Å². The normalized spacial score (nSPS) is 25.9.